The number of aliphatic hydroxyl groups is 1. The average molecular weight is 327 g/mol. The van der Waals surface area contributed by atoms with Crippen LogP contribution in [0.4, 0.5) is 0 Å². The largest absolute Gasteiger partial charge is 0.496 e. The van der Waals surface area contributed by atoms with E-state index in [1.165, 1.54) is 0 Å². The Labute approximate surface area is 143 Å². The van der Waals surface area contributed by atoms with E-state index in [1.807, 2.05) is 49.4 Å². The van der Waals surface area contributed by atoms with Crippen LogP contribution in [0.25, 0.3) is 11.1 Å². The molecule has 0 aromatic heterocycles. The zero-order chi connectivity index (χ0) is 17.7. The lowest BCUT2D eigenvalue weighted by Crippen LogP contribution is -2.42. The highest BCUT2D eigenvalue weighted by Gasteiger charge is 2.23. The fourth-order valence-electron chi connectivity index (χ4n) is 2.66. The predicted molar refractivity (Wildman–Crippen MR) is 96.3 cm³/mol. The van der Waals surface area contributed by atoms with Crippen LogP contribution in [0.3, 0.4) is 0 Å². The van der Waals surface area contributed by atoms with Gasteiger partial charge >= 0.3 is 0 Å². The third-order valence-corrected chi connectivity index (χ3v) is 3.78. The summed E-state index contributed by atoms with van der Waals surface area (Å²) in [5.74, 6) is 0.628. The standard InChI is InChI=1S/C20H25NO3/c1-5-21(14-20(2,3)23)19(22)16-11-12-18(24-4)17(13-16)15-9-7-6-8-10-15/h6-13,23H,5,14H2,1-4H3. The summed E-state index contributed by atoms with van der Waals surface area (Å²) < 4.78 is 5.44. The van der Waals surface area contributed by atoms with E-state index in [0.29, 0.717) is 12.1 Å². The van der Waals surface area contributed by atoms with Gasteiger partial charge in [0.25, 0.3) is 5.91 Å². The number of amides is 1. The minimum Gasteiger partial charge on any atom is -0.496 e. The lowest BCUT2D eigenvalue weighted by Gasteiger charge is -2.28. The molecule has 2 aromatic rings. The van der Waals surface area contributed by atoms with Gasteiger partial charge in [-0.3, -0.25) is 4.79 Å². The molecule has 0 heterocycles. The van der Waals surface area contributed by atoms with Crippen LogP contribution in [0.15, 0.2) is 48.5 Å². The van der Waals surface area contributed by atoms with Gasteiger partial charge in [0, 0.05) is 24.2 Å². The monoisotopic (exact) mass is 327 g/mol. The molecule has 0 unspecified atom stereocenters. The van der Waals surface area contributed by atoms with E-state index in [-0.39, 0.29) is 12.5 Å². The molecular weight excluding hydrogens is 302 g/mol. The van der Waals surface area contributed by atoms with E-state index >= 15 is 0 Å². The lowest BCUT2D eigenvalue weighted by atomic mass is 10.0. The molecule has 0 radical (unpaired) electrons. The normalized spacial score (nSPS) is 11.2. The molecule has 0 saturated carbocycles. The van der Waals surface area contributed by atoms with Gasteiger partial charge in [0.05, 0.1) is 12.7 Å². The summed E-state index contributed by atoms with van der Waals surface area (Å²) in [6.07, 6.45) is 0. The van der Waals surface area contributed by atoms with E-state index in [4.69, 9.17) is 4.74 Å². The SMILES string of the molecule is CCN(CC(C)(C)O)C(=O)c1ccc(OC)c(-c2ccccc2)c1. The average Bonchev–Trinajstić information content (AvgIpc) is 2.58. The molecule has 24 heavy (non-hydrogen) atoms. The minimum atomic E-state index is -0.930. The van der Waals surface area contributed by atoms with Gasteiger partial charge in [0.1, 0.15) is 5.75 Å². The van der Waals surface area contributed by atoms with Gasteiger partial charge in [0.15, 0.2) is 0 Å². The molecular formula is C20H25NO3. The molecule has 2 aromatic carbocycles. The maximum absolute atomic E-state index is 12.8. The highest BCUT2D eigenvalue weighted by molar-refractivity contribution is 5.96. The van der Waals surface area contributed by atoms with Gasteiger partial charge < -0.3 is 14.7 Å². The topological polar surface area (TPSA) is 49.8 Å². The predicted octanol–water partition coefficient (Wildman–Crippen LogP) is 3.60. The van der Waals surface area contributed by atoms with Crippen molar-refractivity contribution in [2.24, 2.45) is 0 Å². The molecule has 0 bridgehead atoms. The van der Waals surface area contributed by atoms with Crippen molar-refractivity contribution < 1.29 is 14.6 Å². The van der Waals surface area contributed by atoms with Crippen molar-refractivity contribution in [3.8, 4) is 16.9 Å². The van der Waals surface area contributed by atoms with Crippen LogP contribution in [0.1, 0.15) is 31.1 Å². The first-order chi connectivity index (χ1) is 11.4. The minimum absolute atomic E-state index is 0.0977. The van der Waals surface area contributed by atoms with Crippen LogP contribution in [0, 0.1) is 0 Å². The van der Waals surface area contributed by atoms with Gasteiger partial charge in [0.2, 0.25) is 0 Å². The molecule has 0 aliphatic carbocycles. The highest BCUT2D eigenvalue weighted by Crippen LogP contribution is 2.31. The molecule has 1 amide bonds. The number of hydrogen-bond donors (Lipinski definition) is 1. The molecule has 128 valence electrons. The Balaban J connectivity index is 2.39. The van der Waals surface area contributed by atoms with Crippen molar-refractivity contribution >= 4 is 5.91 Å². The maximum Gasteiger partial charge on any atom is 0.253 e. The van der Waals surface area contributed by atoms with Crippen molar-refractivity contribution in [3.63, 3.8) is 0 Å². The van der Waals surface area contributed by atoms with E-state index in [9.17, 15) is 9.90 Å². The van der Waals surface area contributed by atoms with Gasteiger partial charge in [-0.25, -0.2) is 0 Å². The molecule has 4 nitrogen and oxygen atoms in total. The Morgan fingerprint density at radius 2 is 1.83 bits per heavy atom. The zero-order valence-corrected chi connectivity index (χ0v) is 14.7. The van der Waals surface area contributed by atoms with Crippen LogP contribution < -0.4 is 4.74 Å². The molecule has 0 atom stereocenters. The molecule has 0 aliphatic heterocycles. The molecule has 0 fully saturated rings. The number of nitrogens with zero attached hydrogens (tertiary/aromatic N) is 1. The number of ether oxygens (including phenoxy) is 1. The second-order valence-electron chi connectivity index (χ2n) is 6.41. The molecule has 0 spiro atoms. The number of hydrogen-bond acceptors (Lipinski definition) is 3. The number of likely N-dealkylation sites (N-methyl/N-ethyl adjacent to an activating group) is 1. The van der Waals surface area contributed by atoms with E-state index in [2.05, 4.69) is 0 Å². The van der Waals surface area contributed by atoms with Gasteiger partial charge in [-0.2, -0.15) is 0 Å². The third kappa shape index (κ3) is 4.36. The summed E-state index contributed by atoms with van der Waals surface area (Å²) in [6, 6.07) is 15.3. The van der Waals surface area contributed by atoms with Crippen molar-refractivity contribution in [2.75, 3.05) is 20.2 Å². The quantitative estimate of drug-likeness (QED) is 0.882. The summed E-state index contributed by atoms with van der Waals surface area (Å²) in [5, 5.41) is 10.0. The Morgan fingerprint density at radius 1 is 1.17 bits per heavy atom. The smallest absolute Gasteiger partial charge is 0.253 e. The number of rotatable bonds is 6. The van der Waals surface area contributed by atoms with E-state index < -0.39 is 5.60 Å². The Bertz CT molecular complexity index is 690. The summed E-state index contributed by atoms with van der Waals surface area (Å²) in [4.78, 5) is 14.5. The molecule has 0 aliphatic rings. The highest BCUT2D eigenvalue weighted by atomic mass is 16.5. The fraction of sp³-hybridized carbons (Fsp3) is 0.350. The van der Waals surface area contributed by atoms with Crippen molar-refractivity contribution in [3.05, 3.63) is 54.1 Å². The zero-order valence-electron chi connectivity index (χ0n) is 14.7. The first kappa shape index (κ1) is 18.0. The Hall–Kier alpha value is -2.33. The molecule has 1 N–H and O–H groups in total. The first-order valence-corrected chi connectivity index (χ1v) is 8.11. The van der Waals surface area contributed by atoms with Crippen LogP contribution in [-0.4, -0.2) is 41.7 Å². The second kappa shape index (κ2) is 7.49. The van der Waals surface area contributed by atoms with E-state index in [0.717, 1.165) is 16.9 Å². The maximum atomic E-state index is 12.8. The number of carbonyl (C=O) groups is 1. The number of methoxy groups -OCH3 is 1. The van der Waals surface area contributed by atoms with Crippen LogP contribution >= 0.6 is 0 Å². The molecule has 2 rings (SSSR count). The van der Waals surface area contributed by atoms with Crippen molar-refractivity contribution in [1.82, 2.24) is 4.90 Å². The van der Waals surface area contributed by atoms with Crippen molar-refractivity contribution in [2.45, 2.75) is 26.4 Å². The molecule has 0 saturated heterocycles. The van der Waals surface area contributed by atoms with Gasteiger partial charge in [-0.15, -0.1) is 0 Å². The van der Waals surface area contributed by atoms with Crippen molar-refractivity contribution in [1.29, 1.82) is 0 Å². The lowest BCUT2D eigenvalue weighted by molar-refractivity contribution is 0.0314. The van der Waals surface area contributed by atoms with Crippen LogP contribution in [-0.2, 0) is 0 Å². The molecule has 4 heteroatoms. The number of carbonyl (C=O) groups excluding carboxylic acids is 1. The van der Waals surface area contributed by atoms with Crippen LogP contribution in [0.2, 0.25) is 0 Å². The summed E-state index contributed by atoms with van der Waals surface area (Å²) in [5.41, 5.74) is 1.53. The third-order valence-electron chi connectivity index (χ3n) is 3.78. The first-order valence-electron chi connectivity index (χ1n) is 8.11. The Kier molecular flexibility index (Phi) is 5.62. The summed E-state index contributed by atoms with van der Waals surface area (Å²) in [6.45, 7) is 6.13. The fourth-order valence-corrected chi connectivity index (χ4v) is 2.66. The van der Waals surface area contributed by atoms with Gasteiger partial charge in [-0.05, 0) is 44.5 Å². The van der Waals surface area contributed by atoms with Crippen LogP contribution in [0.5, 0.6) is 5.75 Å². The Morgan fingerprint density at radius 3 is 2.38 bits per heavy atom. The summed E-state index contributed by atoms with van der Waals surface area (Å²) in [7, 11) is 1.62. The number of benzene rings is 2. The summed E-state index contributed by atoms with van der Waals surface area (Å²) >= 11 is 0. The second-order valence-corrected chi connectivity index (χ2v) is 6.41. The van der Waals surface area contributed by atoms with Gasteiger partial charge in [-0.1, -0.05) is 30.3 Å². The van der Waals surface area contributed by atoms with E-state index in [1.54, 1.807) is 31.9 Å².